The average Bonchev–Trinajstić information content (AvgIpc) is 2.73. The fourth-order valence-corrected chi connectivity index (χ4v) is 1.90. The lowest BCUT2D eigenvalue weighted by Gasteiger charge is -2.11. The third kappa shape index (κ3) is 2.27. The molecule has 2 aromatic rings. The third-order valence-electron chi connectivity index (χ3n) is 2.91. The van der Waals surface area contributed by atoms with E-state index in [1.165, 1.54) is 13.3 Å². The molecule has 8 heteroatoms. The molecule has 0 unspecified atom stereocenters. The summed E-state index contributed by atoms with van der Waals surface area (Å²) in [7, 11) is 0. The Morgan fingerprint density at radius 3 is 2.85 bits per heavy atom. The second kappa shape index (κ2) is 5.16. The zero-order valence-corrected chi connectivity index (χ0v) is 10.9. The largest absolute Gasteiger partial charge is 0.480 e. The summed E-state index contributed by atoms with van der Waals surface area (Å²) in [4.78, 5) is 41.0. The van der Waals surface area contributed by atoms with E-state index in [1.807, 2.05) is 0 Å². The number of carboxylic acid groups (broad SMARTS) is 1. The molecular formula is C12H13N3O5. The van der Waals surface area contributed by atoms with Gasteiger partial charge in [0, 0.05) is 0 Å². The minimum Gasteiger partial charge on any atom is -0.480 e. The Hall–Kier alpha value is -2.64. The van der Waals surface area contributed by atoms with Gasteiger partial charge < -0.3 is 19.8 Å². The summed E-state index contributed by atoms with van der Waals surface area (Å²) >= 11 is 0. The van der Waals surface area contributed by atoms with Crippen LogP contribution in [-0.4, -0.2) is 33.0 Å². The van der Waals surface area contributed by atoms with Gasteiger partial charge in [-0.2, -0.15) is 0 Å². The highest BCUT2D eigenvalue weighted by atomic mass is 16.4. The standard InChI is InChI=1S/C12H13N3O5/c1-3-6(12(18)19)15-10(17)7-5(2)20-11-8(7)9(16)13-4-14-11/h4,6H,3H2,1-2H3,(H,15,17)(H,18,19)(H,13,14,16)/t6-/m1/s1. The molecule has 2 rings (SSSR count). The lowest BCUT2D eigenvalue weighted by molar-refractivity contribution is -0.139. The Bertz CT molecular complexity index is 730. The van der Waals surface area contributed by atoms with Gasteiger partial charge >= 0.3 is 5.97 Å². The van der Waals surface area contributed by atoms with Crippen molar-refractivity contribution in [2.75, 3.05) is 0 Å². The van der Waals surface area contributed by atoms with E-state index in [2.05, 4.69) is 15.3 Å². The number of aryl methyl sites for hydroxylation is 1. The summed E-state index contributed by atoms with van der Waals surface area (Å²) in [6.45, 7) is 3.14. The molecule has 0 fully saturated rings. The topological polar surface area (TPSA) is 125 Å². The van der Waals surface area contributed by atoms with Gasteiger partial charge in [-0.25, -0.2) is 9.78 Å². The first-order valence-electron chi connectivity index (χ1n) is 5.96. The Labute approximate surface area is 112 Å². The van der Waals surface area contributed by atoms with Crippen LogP contribution in [0.15, 0.2) is 15.5 Å². The van der Waals surface area contributed by atoms with Crippen LogP contribution >= 0.6 is 0 Å². The van der Waals surface area contributed by atoms with Crippen molar-refractivity contribution in [3.8, 4) is 0 Å². The van der Waals surface area contributed by atoms with Gasteiger partial charge in [0.25, 0.3) is 11.5 Å². The van der Waals surface area contributed by atoms with E-state index in [4.69, 9.17) is 9.52 Å². The van der Waals surface area contributed by atoms with Gasteiger partial charge in [0.2, 0.25) is 5.71 Å². The SMILES string of the molecule is CC[C@@H](NC(=O)c1c(C)oc2nc[nH]c(=O)c12)C(=O)O. The van der Waals surface area contributed by atoms with Crippen LogP contribution in [0.3, 0.4) is 0 Å². The van der Waals surface area contributed by atoms with Gasteiger partial charge in [-0.3, -0.25) is 9.59 Å². The van der Waals surface area contributed by atoms with Crippen molar-refractivity contribution in [1.29, 1.82) is 0 Å². The molecule has 0 spiro atoms. The maximum Gasteiger partial charge on any atom is 0.326 e. The quantitative estimate of drug-likeness (QED) is 0.744. The number of nitrogens with zero attached hydrogens (tertiary/aromatic N) is 1. The van der Waals surface area contributed by atoms with Gasteiger partial charge in [-0.05, 0) is 13.3 Å². The molecule has 1 atom stereocenters. The molecule has 2 aromatic heterocycles. The Balaban J connectivity index is 2.47. The van der Waals surface area contributed by atoms with Crippen molar-refractivity contribution in [3.05, 3.63) is 28.0 Å². The van der Waals surface area contributed by atoms with Crippen LogP contribution in [-0.2, 0) is 4.79 Å². The Morgan fingerprint density at radius 2 is 2.25 bits per heavy atom. The highest BCUT2D eigenvalue weighted by molar-refractivity contribution is 6.07. The lowest BCUT2D eigenvalue weighted by atomic mass is 10.1. The second-order valence-corrected chi connectivity index (χ2v) is 4.22. The summed E-state index contributed by atoms with van der Waals surface area (Å²) < 4.78 is 5.24. The fraction of sp³-hybridized carbons (Fsp3) is 0.333. The van der Waals surface area contributed by atoms with Crippen molar-refractivity contribution in [2.24, 2.45) is 0 Å². The number of hydrogen-bond acceptors (Lipinski definition) is 5. The van der Waals surface area contributed by atoms with Crippen LogP contribution in [0.25, 0.3) is 11.1 Å². The molecular weight excluding hydrogens is 266 g/mol. The van der Waals surface area contributed by atoms with Gasteiger partial charge in [-0.1, -0.05) is 6.92 Å². The number of furan rings is 1. The van der Waals surface area contributed by atoms with E-state index in [-0.39, 0.29) is 28.8 Å². The Kier molecular flexibility index (Phi) is 3.55. The third-order valence-corrected chi connectivity index (χ3v) is 2.91. The number of carbonyl (C=O) groups is 2. The van der Waals surface area contributed by atoms with Crippen LogP contribution in [0.4, 0.5) is 0 Å². The van der Waals surface area contributed by atoms with Crippen molar-refractivity contribution in [2.45, 2.75) is 26.3 Å². The monoisotopic (exact) mass is 279 g/mol. The number of aromatic nitrogens is 2. The minimum atomic E-state index is -1.14. The number of nitrogens with one attached hydrogen (secondary N) is 2. The van der Waals surface area contributed by atoms with Gasteiger partial charge in [0.15, 0.2) is 0 Å². The van der Waals surface area contributed by atoms with Crippen LogP contribution < -0.4 is 10.9 Å². The number of fused-ring (bicyclic) bond motifs is 1. The van der Waals surface area contributed by atoms with Gasteiger partial charge in [0.05, 0.1) is 11.9 Å². The molecule has 0 aliphatic rings. The number of amides is 1. The van der Waals surface area contributed by atoms with Crippen LogP contribution in [0.2, 0.25) is 0 Å². The van der Waals surface area contributed by atoms with E-state index in [0.29, 0.717) is 0 Å². The molecule has 106 valence electrons. The van der Waals surface area contributed by atoms with Crippen molar-refractivity contribution < 1.29 is 19.1 Å². The molecule has 3 N–H and O–H groups in total. The first kappa shape index (κ1) is 13.8. The first-order valence-corrected chi connectivity index (χ1v) is 5.96. The van der Waals surface area contributed by atoms with E-state index < -0.39 is 23.5 Å². The zero-order valence-electron chi connectivity index (χ0n) is 10.9. The smallest absolute Gasteiger partial charge is 0.326 e. The molecule has 20 heavy (non-hydrogen) atoms. The number of carbonyl (C=O) groups excluding carboxylic acids is 1. The molecule has 0 aliphatic heterocycles. The van der Waals surface area contributed by atoms with Gasteiger partial charge in [0.1, 0.15) is 17.2 Å². The van der Waals surface area contributed by atoms with E-state index >= 15 is 0 Å². The number of carboxylic acids is 1. The number of hydrogen-bond donors (Lipinski definition) is 3. The van der Waals surface area contributed by atoms with Crippen LogP contribution in [0.5, 0.6) is 0 Å². The highest BCUT2D eigenvalue weighted by Crippen LogP contribution is 2.20. The molecule has 0 saturated carbocycles. The summed E-state index contributed by atoms with van der Waals surface area (Å²) in [6, 6.07) is -1.03. The van der Waals surface area contributed by atoms with Crippen molar-refractivity contribution in [1.82, 2.24) is 15.3 Å². The number of rotatable bonds is 4. The summed E-state index contributed by atoms with van der Waals surface area (Å²) in [5.74, 6) is -1.60. The van der Waals surface area contributed by atoms with Crippen molar-refractivity contribution >= 4 is 23.0 Å². The van der Waals surface area contributed by atoms with Crippen LogP contribution in [0, 0.1) is 6.92 Å². The number of aromatic amines is 1. The van der Waals surface area contributed by atoms with E-state index in [9.17, 15) is 14.4 Å². The normalized spacial score (nSPS) is 12.3. The predicted octanol–water partition coefficient (Wildman–Crippen LogP) is 0.418. The molecule has 1 amide bonds. The molecule has 0 radical (unpaired) electrons. The molecule has 0 aromatic carbocycles. The fourth-order valence-electron chi connectivity index (χ4n) is 1.90. The number of aliphatic carboxylic acids is 1. The molecule has 0 saturated heterocycles. The molecule has 2 heterocycles. The predicted molar refractivity (Wildman–Crippen MR) is 68.5 cm³/mol. The van der Waals surface area contributed by atoms with E-state index in [0.717, 1.165) is 0 Å². The summed E-state index contributed by atoms with van der Waals surface area (Å²) in [5.41, 5.74) is -0.464. The highest BCUT2D eigenvalue weighted by Gasteiger charge is 2.25. The van der Waals surface area contributed by atoms with E-state index in [1.54, 1.807) is 6.92 Å². The lowest BCUT2D eigenvalue weighted by Crippen LogP contribution is -2.40. The first-order chi connectivity index (χ1) is 9.45. The Morgan fingerprint density at radius 1 is 1.55 bits per heavy atom. The van der Waals surface area contributed by atoms with Crippen molar-refractivity contribution in [3.63, 3.8) is 0 Å². The molecule has 8 nitrogen and oxygen atoms in total. The maximum absolute atomic E-state index is 12.2. The second-order valence-electron chi connectivity index (χ2n) is 4.22. The average molecular weight is 279 g/mol. The van der Waals surface area contributed by atoms with Gasteiger partial charge in [-0.15, -0.1) is 0 Å². The summed E-state index contributed by atoms with van der Waals surface area (Å²) in [6.07, 6.45) is 1.39. The maximum atomic E-state index is 12.2. The number of H-pyrrole nitrogens is 1. The molecule has 0 aliphatic carbocycles. The zero-order chi connectivity index (χ0) is 14.9. The summed E-state index contributed by atoms with van der Waals surface area (Å²) in [5, 5.41) is 11.3. The minimum absolute atomic E-state index is 0.00838. The molecule has 0 bridgehead atoms. The van der Waals surface area contributed by atoms with Crippen LogP contribution in [0.1, 0.15) is 29.5 Å².